The minimum Gasteiger partial charge on any atom is -0.353 e. The summed E-state index contributed by atoms with van der Waals surface area (Å²) in [7, 11) is 0. The standard InChI is InChI=1S/C13H20N2OS.ClH/c1-10(7-12-3-2-6-17-12)15-13(16)8-11-4-5-14-9-11;/h2-3,6,10-11,14H,4-5,7-9H2,1H3,(H,15,16);1H. The van der Waals surface area contributed by atoms with Crippen molar-refractivity contribution in [1.82, 2.24) is 10.6 Å². The number of amides is 1. The number of thiophene rings is 1. The second-order valence-corrected chi connectivity index (χ2v) is 5.85. The number of rotatable bonds is 5. The first-order valence-electron chi connectivity index (χ1n) is 6.26. The normalized spacial score (nSPS) is 20.2. The van der Waals surface area contributed by atoms with Gasteiger partial charge in [0, 0.05) is 23.8 Å². The molecule has 0 radical (unpaired) electrons. The molecule has 0 aromatic carbocycles. The number of halogens is 1. The summed E-state index contributed by atoms with van der Waals surface area (Å²) in [4.78, 5) is 13.1. The molecule has 3 nitrogen and oxygen atoms in total. The van der Waals surface area contributed by atoms with Crippen molar-refractivity contribution in [3.63, 3.8) is 0 Å². The molecule has 1 aromatic rings. The molecule has 1 aliphatic rings. The summed E-state index contributed by atoms with van der Waals surface area (Å²) in [6.07, 6.45) is 2.74. The van der Waals surface area contributed by atoms with Crippen molar-refractivity contribution in [3.05, 3.63) is 22.4 Å². The second-order valence-electron chi connectivity index (χ2n) is 4.81. The number of carbonyl (C=O) groups is 1. The Kier molecular flexibility index (Phi) is 6.68. The van der Waals surface area contributed by atoms with E-state index in [9.17, 15) is 4.79 Å². The molecule has 0 spiro atoms. The van der Waals surface area contributed by atoms with E-state index in [1.165, 1.54) is 4.88 Å². The lowest BCUT2D eigenvalue weighted by atomic mass is 10.0. The van der Waals surface area contributed by atoms with Crippen LogP contribution in [0.1, 0.15) is 24.6 Å². The van der Waals surface area contributed by atoms with Gasteiger partial charge in [-0.3, -0.25) is 4.79 Å². The van der Waals surface area contributed by atoms with E-state index in [0.717, 1.165) is 25.9 Å². The molecule has 102 valence electrons. The minimum atomic E-state index is 0. The van der Waals surface area contributed by atoms with Crippen LogP contribution in [0, 0.1) is 5.92 Å². The van der Waals surface area contributed by atoms with Gasteiger partial charge in [0.2, 0.25) is 5.91 Å². The van der Waals surface area contributed by atoms with Crippen LogP contribution in [0.15, 0.2) is 17.5 Å². The van der Waals surface area contributed by atoms with Gasteiger partial charge in [0.25, 0.3) is 0 Å². The molecule has 1 aromatic heterocycles. The third kappa shape index (κ3) is 4.96. The van der Waals surface area contributed by atoms with Gasteiger partial charge >= 0.3 is 0 Å². The number of nitrogens with one attached hydrogen (secondary N) is 2. The van der Waals surface area contributed by atoms with Crippen molar-refractivity contribution in [1.29, 1.82) is 0 Å². The molecule has 0 bridgehead atoms. The van der Waals surface area contributed by atoms with Gasteiger partial charge in [-0.15, -0.1) is 23.7 Å². The Morgan fingerprint density at radius 3 is 3.11 bits per heavy atom. The maximum Gasteiger partial charge on any atom is 0.220 e. The lowest BCUT2D eigenvalue weighted by Gasteiger charge is -2.14. The maximum absolute atomic E-state index is 11.8. The fourth-order valence-electron chi connectivity index (χ4n) is 2.27. The molecule has 2 N–H and O–H groups in total. The third-order valence-electron chi connectivity index (χ3n) is 3.13. The molecule has 0 saturated carbocycles. The molecular formula is C13H21ClN2OS. The highest BCUT2D eigenvalue weighted by atomic mass is 35.5. The average molecular weight is 289 g/mol. The monoisotopic (exact) mass is 288 g/mol. The Balaban J connectivity index is 0.00000162. The Morgan fingerprint density at radius 1 is 1.67 bits per heavy atom. The Bertz CT molecular complexity index is 350. The first-order chi connectivity index (χ1) is 8.24. The van der Waals surface area contributed by atoms with Crippen molar-refractivity contribution in [3.8, 4) is 0 Å². The van der Waals surface area contributed by atoms with Crippen LogP contribution in [-0.2, 0) is 11.2 Å². The smallest absolute Gasteiger partial charge is 0.220 e. The summed E-state index contributed by atoms with van der Waals surface area (Å²) in [6, 6.07) is 4.41. The minimum absolute atomic E-state index is 0. The number of hydrogen-bond acceptors (Lipinski definition) is 3. The van der Waals surface area contributed by atoms with E-state index in [2.05, 4.69) is 35.1 Å². The SMILES string of the molecule is CC(Cc1cccs1)NC(=O)CC1CCNC1.Cl. The van der Waals surface area contributed by atoms with E-state index in [1.807, 2.05) is 0 Å². The Morgan fingerprint density at radius 2 is 2.50 bits per heavy atom. The zero-order valence-electron chi connectivity index (χ0n) is 10.6. The summed E-state index contributed by atoms with van der Waals surface area (Å²) >= 11 is 1.75. The molecule has 0 aliphatic carbocycles. The van der Waals surface area contributed by atoms with E-state index < -0.39 is 0 Å². The topological polar surface area (TPSA) is 41.1 Å². The maximum atomic E-state index is 11.8. The summed E-state index contributed by atoms with van der Waals surface area (Å²) in [5.41, 5.74) is 0. The molecule has 18 heavy (non-hydrogen) atoms. The van der Waals surface area contributed by atoms with Gasteiger partial charge in [-0.2, -0.15) is 0 Å². The van der Waals surface area contributed by atoms with Gasteiger partial charge in [0.15, 0.2) is 0 Å². The molecule has 2 rings (SSSR count). The number of hydrogen-bond donors (Lipinski definition) is 2. The lowest BCUT2D eigenvalue weighted by Crippen LogP contribution is -2.35. The van der Waals surface area contributed by atoms with E-state index >= 15 is 0 Å². The van der Waals surface area contributed by atoms with Gasteiger partial charge in [0.1, 0.15) is 0 Å². The van der Waals surface area contributed by atoms with Crippen LogP contribution in [0.4, 0.5) is 0 Å². The number of carbonyl (C=O) groups excluding carboxylic acids is 1. The summed E-state index contributed by atoms with van der Waals surface area (Å²) in [6.45, 7) is 4.12. The van der Waals surface area contributed by atoms with Crippen molar-refractivity contribution < 1.29 is 4.79 Å². The van der Waals surface area contributed by atoms with Crippen molar-refractivity contribution in [2.75, 3.05) is 13.1 Å². The van der Waals surface area contributed by atoms with Crippen LogP contribution < -0.4 is 10.6 Å². The van der Waals surface area contributed by atoms with Gasteiger partial charge in [0.05, 0.1) is 0 Å². The molecule has 1 aliphatic heterocycles. The Labute approximate surface area is 119 Å². The predicted octanol–water partition coefficient (Wildman–Crippen LogP) is 2.22. The van der Waals surface area contributed by atoms with Crippen LogP contribution in [-0.4, -0.2) is 25.0 Å². The highest BCUT2D eigenvalue weighted by Gasteiger charge is 2.18. The van der Waals surface area contributed by atoms with Crippen LogP contribution in [0.5, 0.6) is 0 Å². The van der Waals surface area contributed by atoms with E-state index in [-0.39, 0.29) is 24.4 Å². The average Bonchev–Trinajstić information content (AvgIpc) is 2.90. The summed E-state index contributed by atoms with van der Waals surface area (Å²) in [5, 5.41) is 8.45. The second kappa shape index (κ2) is 7.77. The zero-order valence-corrected chi connectivity index (χ0v) is 12.3. The molecule has 1 amide bonds. The lowest BCUT2D eigenvalue weighted by molar-refractivity contribution is -0.122. The van der Waals surface area contributed by atoms with Crippen LogP contribution >= 0.6 is 23.7 Å². The van der Waals surface area contributed by atoms with Gasteiger partial charge in [-0.1, -0.05) is 6.07 Å². The molecule has 2 atom stereocenters. The van der Waals surface area contributed by atoms with Crippen molar-refractivity contribution in [2.24, 2.45) is 5.92 Å². The van der Waals surface area contributed by atoms with Gasteiger partial charge in [-0.05, 0) is 43.8 Å². The van der Waals surface area contributed by atoms with Crippen LogP contribution in [0.25, 0.3) is 0 Å². The highest BCUT2D eigenvalue weighted by molar-refractivity contribution is 7.09. The Hall–Kier alpha value is -0.580. The molecule has 1 fully saturated rings. The summed E-state index contributed by atoms with van der Waals surface area (Å²) < 4.78 is 0. The van der Waals surface area contributed by atoms with Crippen LogP contribution in [0.2, 0.25) is 0 Å². The first kappa shape index (κ1) is 15.5. The molecular weight excluding hydrogens is 268 g/mol. The van der Waals surface area contributed by atoms with Gasteiger partial charge in [-0.25, -0.2) is 0 Å². The zero-order chi connectivity index (χ0) is 12.1. The van der Waals surface area contributed by atoms with E-state index in [4.69, 9.17) is 0 Å². The van der Waals surface area contributed by atoms with Crippen molar-refractivity contribution in [2.45, 2.75) is 32.2 Å². The third-order valence-corrected chi connectivity index (χ3v) is 4.03. The quantitative estimate of drug-likeness (QED) is 0.872. The molecule has 2 unspecified atom stereocenters. The first-order valence-corrected chi connectivity index (χ1v) is 7.14. The summed E-state index contributed by atoms with van der Waals surface area (Å²) in [5.74, 6) is 0.728. The van der Waals surface area contributed by atoms with E-state index in [1.54, 1.807) is 11.3 Å². The molecule has 2 heterocycles. The predicted molar refractivity (Wildman–Crippen MR) is 78.5 cm³/mol. The van der Waals surface area contributed by atoms with Crippen molar-refractivity contribution >= 4 is 29.7 Å². The van der Waals surface area contributed by atoms with Gasteiger partial charge < -0.3 is 10.6 Å². The highest BCUT2D eigenvalue weighted by Crippen LogP contribution is 2.13. The largest absolute Gasteiger partial charge is 0.353 e. The fraction of sp³-hybridized carbons (Fsp3) is 0.615. The van der Waals surface area contributed by atoms with E-state index in [0.29, 0.717) is 12.3 Å². The van der Waals surface area contributed by atoms with Crippen LogP contribution in [0.3, 0.4) is 0 Å². The fourth-order valence-corrected chi connectivity index (χ4v) is 3.10. The molecule has 1 saturated heterocycles. The molecule has 5 heteroatoms.